The standard InChI is InChI=1S/C15H17O3P/c1-16-12-13-17-19(15-10-6-3-7-11-15)18-14-8-4-2-5-9-14/h2-11H,12-13H2,1H3. The Bertz CT molecular complexity index is 461. The monoisotopic (exact) mass is 276 g/mol. The van der Waals surface area contributed by atoms with Crippen molar-refractivity contribution < 1.29 is 13.8 Å². The molecule has 3 nitrogen and oxygen atoms in total. The first-order valence-electron chi connectivity index (χ1n) is 6.10. The molecule has 19 heavy (non-hydrogen) atoms. The van der Waals surface area contributed by atoms with Gasteiger partial charge in [0.05, 0.1) is 13.2 Å². The van der Waals surface area contributed by atoms with Gasteiger partial charge in [0.25, 0.3) is 8.38 Å². The summed E-state index contributed by atoms with van der Waals surface area (Å²) in [6, 6.07) is 19.7. The van der Waals surface area contributed by atoms with Crippen molar-refractivity contribution in [1.82, 2.24) is 0 Å². The molecule has 1 atom stereocenters. The van der Waals surface area contributed by atoms with Crippen LogP contribution in [0.4, 0.5) is 0 Å². The van der Waals surface area contributed by atoms with Crippen LogP contribution in [0.15, 0.2) is 60.7 Å². The van der Waals surface area contributed by atoms with E-state index in [1.165, 1.54) is 0 Å². The second-order valence-corrected chi connectivity index (χ2v) is 5.29. The van der Waals surface area contributed by atoms with Crippen molar-refractivity contribution in [3.63, 3.8) is 0 Å². The Labute approximate surface area is 115 Å². The van der Waals surface area contributed by atoms with Crippen molar-refractivity contribution in [1.29, 1.82) is 0 Å². The molecule has 4 heteroatoms. The summed E-state index contributed by atoms with van der Waals surface area (Å²) < 4.78 is 16.7. The van der Waals surface area contributed by atoms with E-state index in [2.05, 4.69) is 0 Å². The van der Waals surface area contributed by atoms with Crippen LogP contribution in [0, 0.1) is 0 Å². The zero-order chi connectivity index (χ0) is 13.3. The average Bonchev–Trinajstić information content (AvgIpc) is 2.48. The third-order valence-corrected chi connectivity index (χ3v) is 3.91. The molecule has 0 amide bonds. The number of rotatable bonds is 7. The fourth-order valence-corrected chi connectivity index (χ4v) is 2.76. The minimum Gasteiger partial charge on any atom is -0.444 e. The van der Waals surface area contributed by atoms with Crippen molar-refractivity contribution in [3.8, 4) is 5.75 Å². The summed E-state index contributed by atoms with van der Waals surface area (Å²) in [5.41, 5.74) is 0. The molecular weight excluding hydrogens is 259 g/mol. The highest BCUT2D eigenvalue weighted by atomic mass is 31.2. The lowest BCUT2D eigenvalue weighted by Gasteiger charge is -2.18. The number of hydrogen-bond donors (Lipinski definition) is 0. The fourth-order valence-electron chi connectivity index (χ4n) is 1.48. The molecule has 0 N–H and O–H groups in total. The summed E-state index contributed by atoms with van der Waals surface area (Å²) in [5.74, 6) is 0.815. The van der Waals surface area contributed by atoms with E-state index in [1.54, 1.807) is 7.11 Å². The summed E-state index contributed by atoms with van der Waals surface area (Å²) in [6.07, 6.45) is 0. The minimum absolute atomic E-state index is 0.518. The Kier molecular flexibility index (Phi) is 5.83. The van der Waals surface area contributed by atoms with Crippen LogP contribution in [0.25, 0.3) is 0 Å². The van der Waals surface area contributed by atoms with E-state index in [0.29, 0.717) is 13.2 Å². The highest BCUT2D eigenvalue weighted by molar-refractivity contribution is 7.56. The summed E-state index contributed by atoms with van der Waals surface area (Å²) in [7, 11) is 0.535. The summed E-state index contributed by atoms with van der Waals surface area (Å²) in [4.78, 5) is 0. The maximum atomic E-state index is 5.93. The molecule has 0 bridgehead atoms. The topological polar surface area (TPSA) is 27.7 Å². The molecule has 0 aromatic heterocycles. The number of ether oxygens (including phenoxy) is 1. The Balaban J connectivity index is 2.06. The van der Waals surface area contributed by atoms with Crippen molar-refractivity contribution in [3.05, 3.63) is 60.7 Å². The molecule has 0 aliphatic heterocycles. The Morgan fingerprint density at radius 1 is 0.842 bits per heavy atom. The van der Waals surface area contributed by atoms with E-state index >= 15 is 0 Å². The van der Waals surface area contributed by atoms with E-state index in [0.717, 1.165) is 11.1 Å². The van der Waals surface area contributed by atoms with Gasteiger partial charge < -0.3 is 13.8 Å². The second-order valence-electron chi connectivity index (χ2n) is 3.82. The smallest absolute Gasteiger partial charge is 0.265 e. The number of hydrogen-bond acceptors (Lipinski definition) is 3. The summed E-state index contributed by atoms with van der Waals surface area (Å²) in [5, 5.41) is 1.05. The molecule has 100 valence electrons. The third-order valence-electron chi connectivity index (χ3n) is 2.39. The highest BCUT2D eigenvalue weighted by Gasteiger charge is 2.15. The molecule has 0 radical (unpaired) electrons. The van der Waals surface area contributed by atoms with E-state index in [4.69, 9.17) is 13.8 Å². The zero-order valence-corrected chi connectivity index (χ0v) is 11.8. The molecule has 0 saturated carbocycles. The fraction of sp³-hybridized carbons (Fsp3) is 0.200. The van der Waals surface area contributed by atoms with E-state index in [9.17, 15) is 0 Å². The lowest BCUT2D eigenvalue weighted by Crippen LogP contribution is -2.10. The lowest BCUT2D eigenvalue weighted by molar-refractivity contribution is 0.149. The number of para-hydroxylation sites is 1. The largest absolute Gasteiger partial charge is 0.444 e. The molecule has 0 spiro atoms. The first-order chi connectivity index (χ1) is 9.40. The molecule has 2 rings (SSSR count). The van der Waals surface area contributed by atoms with Gasteiger partial charge in [0.15, 0.2) is 0 Å². The quantitative estimate of drug-likeness (QED) is 0.573. The molecule has 1 unspecified atom stereocenters. The molecule has 0 aliphatic carbocycles. The molecular formula is C15H17O3P. The molecule has 2 aromatic rings. The van der Waals surface area contributed by atoms with Gasteiger partial charge in [-0.15, -0.1) is 0 Å². The summed E-state index contributed by atoms with van der Waals surface area (Å²) >= 11 is 0. The Hall–Kier alpha value is -1.41. The van der Waals surface area contributed by atoms with Crippen LogP contribution >= 0.6 is 8.38 Å². The van der Waals surface area contributed by atoms with Crippen LogP contribution in [0.2, 0.25) is 0 Å². The van der Waals surface area contributed by atoms with Gasteiger partial charge in [-0.25, -0.2) is 0 Å². The van der Waals surface area contributed by atoms with Crippen LogP contribution in [-0.2, 0) is 9.26 Å². The van der Waals surface area contributed by atoms with Crippen molar-refractivity contribution in [2.45, 2.75) is 0 Å². The normalized spacial score (nSPS) is 12.1. The SMILES string of the molecule is COCCOP(Oc1ccccc1)c1ccccc1. The predicted molar refractivity (Wildman–Crippen MR) is 77.9 cm³/mol. The van der Waals surface area contributed by atoms with Gasteiger partial charge in [0, 0.05) is 12.4 Å². The van der Waals surface area contributed by atoms with Gasteiger partial charge in [0.1, 0.15) is 5.75 Å². The van der Waals surface area contributed by atoms with Crippen LogP contribution in [0.3, 0.4) is 0 Å². The Morgan fingerprint density at radius 3 is 2.11 bits per heavy atom. The van der Waals surface area contributed by atoms with Crippen molar-refractivity contribution >= 4 is 13.7 Å². The maximum absolute atomic E-state index is 5.93. The highest BCUT2D eigenvalue weighted by Crippen LogP contribution is 2.38. The van der Waals surface area contributed by atoms with Gasteiger partial charge in [-0.2, -0.15) is 0 Å². The average molecular weight is 276 g/mol. The van der Waals surface area contributed by atoms with Crippen LogP contribution in [0.1, 0.15) is 0 Å². The number of benzene rings is 2. The predicted octanol–water partition coefficient (Wildman–Crippen LogP) is 3.37. The molecule has 0 aliphatic rings. The lowest BCUT2D eigenvalue weighted by atomic mass is 10.3. The van der Waals surface area contributed by atoms with Gasteiger partial charge >= 0.3 is 0 Å². The van der Waals surface area contributed by atoms with E-state index < -0.39 is 8.38 Å². The molecule has 2 aromatic carbocycles. The minimum atomic E-state index is -1.12. The Morgan fingerprint density at radius 2 is 1.47 bits per heavy atom. The second kappa shape index (κ2) is 7.90. The summed E-state index contributed by atoms with van der Waals surface area (Å²) in [6.45, 7) is 1.08. The zero-order valence-electron chi connectivity index (χ0n) is 10.9. The maximum Gasteiger partial charge on any atom is 0.265 e. The van der Waals surface area contributed by atoms with Gasteiger partial charge in [-0.3, -0.25) is 0 Å². The van der Waals surface area contributed by atoms with E-state index in [-0.39, 0.29) is 0 Å². The van der Waals surface area contributed by atoms with Crippen molar-refractivity contribution in [2.75, 3.05) is 20.3 Å². The van der Waals surface area contributed by atoms with E-state index in [1.807, 2.05) is 60.7 Å². The van der Waals surface area contributed by atoms with Crippen LogP contribution in [-0.4, -0.2) is 20.3 Å². The van der Waals surface area contributed by atoms with Crippen LogP contribution in [0.5, 0.6) is 5.75 Å². The molecule has 0 heterocycles. The van der Waals surface area contributed by atoms with Crippen LogP contribution < -0.4 is 9.83 Å². The third kappa shape index (κ3) is 4.64. The number of methoxy groups -OCH3 is 1. The van der Waals surface area contributed by atoms with Crippen molar-refractivity contribution in [2.24, 2.45) is 0 Å². The van der Waals surface area contributed by atoms with Gasteiger partial charge in [0.2, 0.25) is 0 Å². The molecule has 0 fully saturated rings. The first kappa shape index (κ1) is 14.0. The first-order valence-corrected chi connectivity index (χ1v) is 7.28. The van der Waals surface area contributed by atoms with Gasteiger partial charge in [-0.1, -0.05) is 36.4 Å². The molecule has 0 saturated heterocycles. The van der Waals surface area contributed by atoms with Gasteiger partial charge in [-0.05, 0) is 24.3 Å².